The summed E-state index contributed by atoms with van der Waals surface area (Å²) in [5.74, 6) is -1.11. The maximum Gasteiger partial charge on any atom is 0.433 e. The van der Waals surface area contributed by atoms with E-state index in [1.807, 2.05) is 0 Å². The fraction of sp³-hybridized carbons (Fsp3) is 0.167. The minimum Gasteiger partial charge on any atom is -0.494 e. The molecule has 100 valence electrons. The topological polar surface area (TPSA) is 85.7 Å². The average molecular weight is 267 g/mol. The van der Waals surface area contributed by atoms with E-state index >= 15 is 0 Å². The van der Waals surface area contributed by atoms with Gasteiger partial charge in [0.2, 0.25) is 0 Å². The molecule has 0 bridgehead atoms. The summed E-state index contributed by atoms with van der Waals surface area (Å²) in [5.41, 5.74) is 0.211. The number of nitro groups is 1. The van der Waals surface area contributed by atoms with Crippen LogP contribution in [0, 0.1) is 15.9 Å². The molecule has 2 aromatic rings. The molecular formula is C12H10FNO5. The third kappa shape index (κ3) is 2.55. The average Bonchev–Trinajstić information content (AvgIpc) is 2.87. The van der Waals surface area contributed by atoms with Crippen LogP contribution in [0.4, 0.5) is 10.3 Å². The summed E-state index contributed by atoms with van der Waals surface area (Å²) in [6, 6.07) is 6.27. The van der Waals surface area contributed by atoms with Crippen molar-refractivity contribution >= 4 is 5.88 Å². The fourth-order valence-electron chi connectivity index (χ4n) is 1.60. The van der Waals surface area contributed by atoms with E-state index in [2.05, 4.69) is 0 Å². The molecule has 2 rings (SSSR count). The number of ether oxygens (including phenoxy) is 1. The number of aliphatic hydroxyl groups is 1. The van der Waals surface area contributed by atoms with Crippen LogP contribution in [0.15, 0.2) is 34.7 Å². The summed E-state index contributed by atoms with van der Waals surface area (Å²) in [5, 5.41) is 20.4. The van der Waals surface area contributed by atoms with Crippen LogP contribution < -0.4 is 4.74 Å². The first-order valence-electron chi connectivity index (χ1n) is 5.28. The first kappa shape index (κ1) is 13.0. The van der Waals surface area contributed by atoms with Crippen LogP contribution in [-0.4, -0.2) is 17.1 Å². The van der Waals surface area contributed by atoms with Crippen molar-refractivity contribution in [2.24, 2.45) is 0 Å². The molecule has 0 fully saturated rings. The fourth-order valence-corrected chi connectivity index (χ4v) is 1.60. The van der Waals surface area contributed by atoms with Crippen molar-refractivity contribution in [2.45, 2.75) is 6.10 Å². The molecule has 0 spiro atoms. The Hall–Kier alpha value is -2.41. The lowest BCUT2D eigenvalue weighted by molar-refractivity contribution is -0.402. The lowest BCUT2D eigenvalue weighted by Crippen LogP contribution is -1.99. The zero-order chi connectivity index (χ0) is 14.0. The van der Waals surface area contributed by atoms with Gasteiger partial charge in [-0.15, -0.1) is 0 Å². The quantitative estimate of drug-likeness (QED) is 0.679. The molecule has 0 amide bonds. The maximum absolute atomic E-state index is 13.5. The van der Waals surface area contributed by atoms with Gasteiger partial charge in [0.1, 0.15) is 16.8 Å². The molecule has 19 heavy (non-hydrogen) atoms. The Morgan fingerprint density at radius 1 is 1.42 bits per heavy atom. The normalized spacial score (nSPS) is 12.2. The molecule has 6 nitrogen and oxygen atoms in total. The number of hydrogen-bond acceptors (Lipinski definition) is 5. The summed E-state index contributed by atoms with van der Waals surface area (Å²) in [6.07, 6.45) is -1.28. The van der Waals surface area contributed by atoms with Crippen molar-refractivity contribution in [1.29, 1.82) is 0 Å². The molecule has 0 aliphatic heterocycles. The molecule has 7 heteroatoms. The van der Waals surface area contributed by atoms with Crippen LogP contribution in [0.25, 0.3) is 0 Å². The van der Waals surface area contributed by atoms with E-state index in [4.69, 9.17) is 9.15 Å². The van der Waals surface area contributed by atoms with Crippen LogP contribution in [0.3, 0.4) is 0 Å². The van der Waals surface area contributed by atoms with Gasteiger partial charge in [-0.05, 0) is 23.8 Å². The molecule has 1 atom stereocenters. The lowest BCUT2D eigenvalue weighted by Gasteiger charge is -2.09. The zero-order valence-corrected chi connectivity index (χ0v) is 9.87. The first-order valence-corrected chi connectivity index (χ1v) is 5.28. The van der Waals surface area contributed by atoms with E-state index in [1.54, 1.807) is 0 Å². The summed E-state index contributed by atoms with van der Waals surface area (Å²) >= 11 is 0. The molecular weight excluding hydrogens is 257 g/mol. The maximum atomic E-state index is 13.5. The van der Waals surface area contributed by atoms with Crippen molar-refractivity contribution in [1.82, 2.24) is 0 Å². The number of rotatable bonds is 4. The van der Waals surface area contributed by atoms with E-state index in [1.165, 1.54) is 25.3 Å². The Morgan fingerprint density at radius 2 is 2.16 bits per heavy atom. The van der Waals surface area contributed by atoms with Crippen molar-refractivity contribution < 1.29 is 23.6 Å². The highest BCUT2D eigenvalue weighted by molar-refractivity contribution is 5.34. The summed E-state index contributed by atoms with van der Waals surface area (Å²) < 4.78 is 23.1. The molecule has 0 aliphatic rings. The molecule has 1 aromatic heterocycles. The highest BCUT2D eigenvalue weighted by atomic mass is 19.1. The highest BCUT2D eigenvalue weighted by Crippen LogP contribution is 2.29. The minimum absolute atomic E-state index is 0.0312. The van der Waals surface area contributed by atoms with E-state index in [0.29, 0.717) is 0 Å². The third-order valence-corrected chi connectivity index (χ3v) is 2.55. The van der Waals surface area contributed by atoms with E-state index < -0.39 is 22.7 Å². The van der Waals surface area contributed by atoms with Gasteiger partial charge in [-0.25, -0.2) is 4.39 Å². The van der Waals surface area contributed by atoms with Crippen LogP contribution in [0.2, 0.25) is 0 Å². The highest BCUT2D eigenvalue weighted by Gasteiger charge is 2.20. The Bertz CT molecular complexity index is 610. The summed E-state index contributed by atoms with van der Waals surface area (Å²) in [4.78, 5) is 9.75. The third-order valence-electron chi connectivity index (χ3n) is 2.55. The number of benzene rings is 1. The standard InChI is InChI=1S/C12H10FNO5/c1-18-9-3-2-7(6-8(9)13)12(15)10-4-5-11(19-10)14(16)17/h2-6,12,15H,1H3. The SMILES string of the molecule is COc1ccc(C(O)c2ccc([N+](=O)[O-])o2)cc1F. The van der Waals surface area contributed by atoms with Gasteiger partial charge in [-0.2, -0.15) is 0 Å². The van der Waals surface area contributed by atoms with Gasteiger partial charge < -0.3 is 14.3 Å². The van der Waals surface area contributed by atoms with Gasteiger partial charge in [-0.1, -0.05) is 6.07 Å². The largest absolute Gasteiger partial charge is 0.494 e. The molecule has 0 radical (unpaired) electrons. The smallest absolute Gasteiger partial charge is 0.433 e. The molecule has 1 N–H and O–H groups in total. The second-order valence-electron chi connectivity index (χ2n) is 3.73. The summed E-state index contributed by atoms with van der Waals surface area (Å²) in [6.45, 7) is 0. The molecule has 1 unspecified atom stereocenters. The molecule has 0 saturated heterocycles. The Balaban J connectivity index is 2.30. The van der Waals surface area contributed by atoms with Gasteiger partial charge in [0.15, 0.2) is 11.6 Å². The minimum atomic E-state index is -1.28. The second-order valence-corrected chi connectivity index (χ2v) is 3.73. The number of hydrogen-bond donors (Lipinski definition) is 1. The van der Waals surface area contributed by atoms with E-state index in [-0.39, 0.29) is 17.1 Å². The number of halogens is 1. The van der Waals surface area contributed by atoms with Gasteiger partial charge in [0, 0.05) is 0 Å². The van der Waals surface area contributed by atoms with Gasteiger partial charge in [0.05, 0.1) is 13.2 Å². The molecule has 0 aliphatic carbocycles. The van der Waals surface area contributed by atoms with Crippen molar-refractivity contribution in [3.63, 3.8) is 0 Å². The Kier molecular flexibility index (Phi) is 3.48. The van der Waals surface area contributed by atoms with Crippen molar-refractivity contribution in [2.75, 3.05) is 7.11 Å². The van der Waals surface area contributed by atoms with Crippen molar-refractivity contribution in [3.8, 4) is 5.75 Å². The number of methoxy groups -OCH3 is 1. The van der Waals surface area contributed by atoms with Crippen LogP contribution in [0.5, 0.6) is 5.75 Å². The van der Waals surface area contributed by atoms with E-state index in [9.17, 15) is 19.6 Å². The summed E-state index contributed by atoms with van der Waals surface area (Å²) in [7, 11) is 1.32. The second kappa shape index (κ2) is 5.07. The Labute approximate surface area is 107 Å². The molecule has 1 heterocycles. The van der Waals surface area contributed by atoms with Crippen LogP contribution in [0.1, 0.15) is 17.4 Å². The number of nitrogens with zero attached hydrogens (tertiary/aromatic N) is 1. The van der Waals surface area contributed by atoms with Gasteiger partial charge >= 0.3 is 5.88 Å². The lowest BCUT2D eigenvalue weighted by atomic mass is 10.1. The molecule has 0 saturated carbocycles. The predicted molar refractivity (Wildman–Crippen MR) is 62.4 cm³/mol. The number of furan rings is 1. The van der Waals surface area contributed by atoms with Gasteiger partial charge in [-0.3, -0.25) is 10.1 Å². The monoisotopic (exact) mass is 267 g/mol. The van der Waals surface area contributed by atoms with E-state index in [0.717, 1.165) is 12.1 Å². The Morgan fingerprint density at radius 3 is 2.68 bits per heavy atom. The first-order chi connectivity index (χ1) is 9.02. The van der Waals surface area contributed by atoms with Gasteiger partial charge in [0.25, 0.3) is 0 Å². The zero-order valence-electron chi connectivity index (χ0n) is 9.87. The van der Waals surface area contributed by atoms with Crippen molar-refractivity contribution in [3.05, 3.63) is 57.6 Å². The molecule has 1 aromatic carbocycles. The van der Waals surface area contributed by atoms with Crippen LogP contribution >= 0.6 is 0 Å². The predicted octanol–water partition coefficient (Wildman–Crippen LogP) is 2.42. The van der Waals surface area contributed by atoms with Crippen LogP contribution in [-0.2, 0) is 0 Å². The number of aliphatic hydroxyl groups excluding tert-OH is 1.